The van der Waals surface area contributed by atoms with E-state index in [1.165, 1.54) is 30.1 Å². The van der Waals surface area contributed by atoms with Crippen LogP contribution in [0.25, 0.3) is 0 Å². The number of piperazine rings is 1. The van der Waals surface area contributed by atoms with Crippen molar-refractivity contribution in [2.75, 3.05) is 57.6 Å². The molecule has 0 unspecified atom stereocenters. The SMILES string of the molecule is CSN(CCN1CCN(C)CC1)N(Cc1ccc(C2=NN=C(C(F)F)C2)cc1F)c1ccc(F)c(Cl)c1. The zero-order chi connectivity index (χ0) is 26.5. The molecule has 1 saturated heterocycles. The molecular weight excluding hydrogens is 528 g/mol. The number of rotatable bonds is 10. The molecule has 37 heavy (non-hydrogen) atoms. The highest BCUT2D eigenvalue weighted by molar-refractivity contribution is 7.96. The second-order valence-corrected chi connectivity index (χ2v) is 10.2. The van der Waals surface area contributed by atoms with Crippen LogP contribution in [0.15, 0.2) is 46.6 Å². The Morgan fingerprint density at radius 1 is 1.03 bits per heavy atom. The molecule has 2 aromatic rings. The van der Waals surface area contributed by atoms with Crippen molar-refractivity contribution >= 4 is 40.7 Å². The van der Waals surface area contributed by atoms with Crippen molar-refractivity contribution < 1.29 is 17.6 Å². The summed E-state index contributed by atoms with van der Waals surface area (Å²) in [6.07, 6.45) is -0.867. The zero-order valence-corrected chi connectivity index (χ0v) is 22.3. The molecule has 2 heterocycles. The molecule has 2 aliphatic heterocycles. The summed E-state index contributed by atoms with van der Waals surface area (Å²) in [6, 6.07) is 9.00. The first kappa shape index (κ1) is 27.8. The van der Waals surface area contributed by atoms with Gasteiger partial charge < -0.3 is 4.90 Å². The first-order valence-corrected chi connectivity index (χ1v) is 13.5. The molecule has 4 rings (SSSR count). The normalized spacial score (nSPS) is 17.0. The van der Waals surface area contributed by atoms with E-state index in [0.717, 1.165) is 32.7 Å². The van der Waals surface area contributed by atoms with Crippen LogP contribution in [-0.4, -0.2) is 84.6 Å². The predicted octanol–water partition coefficient (Wildman–Crippen LogP) is 5.18. The summed E-state index contributed by atoms with van der Waals surface area (Å²) in [5.41, 5.74) is 1.40. The molecule has 0 aliphatic carbocycles. The van der Waals surface area contributed by atoms with Gasteiger partial charge in [-0.15, -0.1) is 0 Å². The highest BCUT2D eigenvalue weighted by Crippen LogP contribution is 2.29. The van der Waals surface area contributed by atoms with Gasteiger partial charge in [-0.05, 0) is 37.6 Å². The van der Waals surface area contributed by atoms with Crippen LogP contribution in [0.3, 0.4) is 0 Å². The van der Waals surface area contributed by atoms with E-state index in [-0.39, 0.29) is 23.7 Å². The second-order valence-electron chi connectivity index (χ2n) is 8.98. The Kier molecular flexibility index (Phi) is 9.46. The average Bonchev–Trinajstić information content (AvgIpc) is 3.38. The number of nitrogens with zero attached hydrogens (tertiary/aromatic N) is 6. The molecule has 0 radical (unpaired) electrons. The summed E-state index contributed by atoms with van der Waals surface area (Å²) in [5, 5.41) is 9.16. The van der Waals surface area contributed by atoms with E-state index in [9.17, 15) is 13.2 Å². The van der Waals surface area contributed by atoms with Crippen LogP contribution >= 0.6 is 23.5 Å². The van der Waals surface area contributed by atoms with Crippen LogP contribution in [-0.2, 0) is 6.54 Å². The Balaban J connectivity index is 1.53. The van der Waals surface area contributed by atoms with Crippen molar-refractivity contribution in [3.63, 3.8) is 0 Å². The third-order valence-electron chi connectivity index (χ3n) is 6.49. The van der Waals surface area contributed by atoms with Crippen molar-refractivity contribution in [3.05, 3.63) is 64.2 Å². The van der Waals surface area contributed by atoms with Gasteiger partial charge >= 0.3 is 0 Å². The molecule has 0 spiro atoms. The summed E-state index contributed by atoms with van der Waals surface area (Å²) in [4.78, 5) is 4.67. The van der Waals surface area contributed by atoms with E-state index in [4.69, 9.17) is 11.6 Å². The van der Waals surface area contributed by atoms with Gasteiger partial charge in [0.25, 0.3) is 6.43 Å². The number of hydrazine groups is 1. The fourth-order valence-electron chi connectivity index (χ4n) is 4.22. The third-order valence-corrected chi connectivity index (χ3v) is 7.58. The standard InChI is InChI=1S/C25H29ClF4N6S/c1-33-7-9-34(10-8-33)11-12-36(37-2)35(19-5-6-21(27)20(26)14-19)16-18-4-3-17(13-22(18)28)23-15-24(25(29)30)32-31-23/h3-6,13-14,25H,7-12,15-16H2,1-2H3. The smallest absolute Gasteiger partial charge is 0.278 e. The van der Waals surface area contributed by atoms with E-state index < -0.39 is 18.1 Å². The molecule has 1 fully saturated rings. The second kappa shape index (κ2) is 12.6. The maximum Gasteiger partial charge on any atom is 0.278 e. The van der Waals surface area contributed by atoms with Crippen molar-refractivity contribution in [1.29, 1.82) is 0 Å². The third kappa shape index (κ3) is 7.02. The Morgan fingerprint density at radius 3 is 2.41 bits per heavy atom. The summed E-state index contributed by atoms with van der Waals surface area (Å²) in [5.74, 6) is -1.03. The first-order chi connectivity index (χ1) is 17.7. The number of alkyl halides is 2. The Morgan fingerprint density at radius 2 is 1.78 bits per heavy atom. The van der Waals surface area contributed by atoms with Crippen LogP contribution in [0.5, 0.6) is 0 Å². The maximum atomic E-state index is 15.3. The van der Waals surface area contributed by atoms with Crippen molar-refractivity contribution in [1.82, 2.24) is 14.2 Å². The van der Waals surface area contributed by atoms with Gasteiger partial charge in [-0.1, -0.05) is 35.7 Å². The van der Waals surface area contributed by atoms with E-state index >= 15 is 4.39 Å². The van der Waals surface area contributed by atoms with Gasteiger partial charge in [0, 0.05) is 56.8 Å². The van der Waals surface area contributed by atoms with E-state index in [0.29, 0.717) is 29.1 Å². The first-order valence-electron chi connectivity index (χ1n) is 11.9. The molecule has 0 bridgehead atoms. The summed E-state index contributed by atoms with van der Waals surface area (Å²) in [6.45, 7) is 5.57. The van der Waals surface area contributed by atoms with Crippen molar-refractivity contribution in [2.45, 2.75) is 19.4 Å². The van der Waals surface area contributed by atoms with Crippen LogP contribution in [0, 0.1) is 11.6 Å². The van der Waals surface area contributed by atoms with E-state index in [1.54, 1.807) is 18.2 Å². The largest absolute Gasteiger partial charge is 0.304 e. The molecule has 0 N–H and O–H groups in total. The van der Waals surface area contributed by atoms with Crippen LogP contribution in [0.4, 0.5) is 23.2 Å². The number of halogens is 5. The summed E-state index contributed by atoms with van der Waals surface area (Å²) < 4.78 is 57.0. The molecule has 2 aliphatic rings. The molecule has 0 amide bonds. The summed E-state index contributed by atoms with van der Waals surface area (Å²) in [7, 11) is 2.11. The van der Waals surface area contributed by atoms with Crippen molar-refractivity contribution in [3.8, 4) is 0 Å². The molecule has 0 atom stereocenters. The highest BCUT2D eigenvalue weighted by atomic mass is 35.5. The summed E-state index contributed by atoms with van der Waals surface area (Å²) >= 11 is 7.57. The van der Waals surface area contributed by atoms with Gasteiger partial charge in [-0.25, -0.2) is 17.6 Å². The van der Waals surface area contributed by atoms with Gasteiger partial charge in [0.15, 0.2) is 0 Å². The van der Waals surface area contributed by atoms with Gasteiger partial charge in [-0.3, -0.25) is 9.91 Å². The number of hydrogen-bond donors (Lipinski definition) is 0. The van der Waals surface area contributed by atoms with E-state index in [2.05, 4.69) is 27.1 Å². The number of hydrogen-bond acceptors (Lipinski definition) is 7. The van der Waals surface area contributed by atoms with E-state index in [1.807, 2.05) is 15.7 Å². The van der Waals surface area contributed by atoms with Crippen LogP contribution in [0.1, 0.15) is 17.5 Å². The molecule has 0 saturated carbocycles. The molecule has 0 aromatic heterocycles. The fraction of sp³-hybridized carbons (Fsp3) is 0.440. The van der Waals surface area contributed by atoms with Crippen molar-refractivity contribution in [2.24, 2.45) is 10.2 Å². The monoisotopic (exact) mass is 556 g/mol. The van der Waals surface area contributed by atoms with Gasteiger partial charge in [-0.2, -0.15) is 14.6 Å². The lowest BCUT2D eigenvalue weighted by molar-refractivity contribution is 0.147. The quantitative estimate of drug-likeness (QED) is 0.229. The Labute approximate surface area is 223 Å². The van der Waals surface area contributed by atoms with Gasteiger partial charge in [0.1, 0.15) is 17.3 Å². The Bertz CT molecular complexity index is 1160. The molecule has 6 nitrogen and oxygen atoms in total. The maximum absolute atomic E-state index is 15.3. The number of likely N-dealkylation sites (N-methyl/N-ethyl adjacent to an activating group) is 1. The van der Waals surface area contributed by atoms with Crippen LogP contribution in [0.2, 0.25) is 5.02 Å². The predicted molar refractivity (Wildman–Crippen MR) is 143 cm³/mol. The molecule has 12 heteroatoms. The van der Waals surface area contributed by atoms with Gasteiger partial charge in [0.2, 0.25) is 0 Å². The average molecular weight is 557 g/mol. The Hall–Kier alpha value is -2.18. The minimum atomic E-state index is -2.69. The minimum Gasteiger partial charge on any atom is -0.304 e. The lowest BCUT2D eigenvalue weighted by Crippen LogP contribution is -2.48. The number of anilines is 1. The topological polar surface area (TPSA) is 37.7 Å². The number of benzene rings is 2. The zero-order valence-electron chi connectivity index (χ0n) is 20.7. The minimum absolute atomic E-state index is 0.0208. The fourth-order valence-corrected chi connectivity index (χ4v) is 5.01. The lowest BCUT2D eigenvalue weighted by Gasteiger charge is -2.38. The molecule has 200 valence electrons. The molecular formula is C25H29ClF4N6S. The van der Waals surface area contributed by atoms with Gasteiger partial charge in [0.05, 0.1) is 23.0 Å². The lowest BCUT2D eigenvalue weighted by atomic mass is 10.0. The highest BCUT2D eigenvalue weighted by Gasteiger charge is 2.24. The van der Waals surface area contributed by atoms with Crippen LogP contribution < -0.4 is 5.01 Å². The molecule has 2 aromatic carbocycles.